The van der Waals surface area contributed by atoms with E-state index in [9.17, 15) is 0 Å². The fourth-order valence-corrected chi connectivity index (χ4v) is 1.61. The van der Waals surface area contributed by atoms with Crippen LogP contribution < -0.4 is 5.73 Å². The van der Waals surface area contributed by atoms with Crippen molar-refractivity contribution in [3.8, 4) is 0 Å². The third kappa shape index (κ3) is 1.99. The van der Waals surface area contributed by atoms with Crippen LogP contribution in [0.5, 0.6) is 0 Å². The molecule has 0 aliphatic rings. The monoisotopic (exact) mass is 208 g/mol. The molecule has 0 atom stereocenters. The lowest BCUT2D eigenvalue weighted by Gasteiger charge is -1.95. The van der Waals surface area contributed by atoms with Crippen molar-refractivity contribution in [3.63, 3.8) is 0 Å². The van der Waals surface area contributed by atoms with Gasteiger partial charge in [-0.1, -0.05) is 0 Å². The third-order valence-corrected chi connectivity index (χ3v) is 2.23. The molecule has 0 unspecified atom stereocenters. The van der Waals surface area contributed by atoms with Crippen LogP contribution in [0.25, 0.3) is 0 Å². The van der Waals surface area contributed by atoms with Gasteiger partial charge in [-0.25, -0.2) is 15.0 Å². The number of rotatable bonds is 2. The van der Waals surface area contributed by atoms with E-state index >= 15 is 0 Å². The summed E-state index contributed by atoms with van der Waals surface area (Å²) in [5.74, 6) is 1.21. The lowest BCUT2D eigenvalue weighted by molar-refractivity contribution is 0.961. The molecule has 0 fully saturated rings. The number of nitrogen functional groups attached to an aromatic ring is 1. The van der Waals surface area contributed by atoms with E-state index in [0.29, 0.717) is 11.0 Å². The Morgan fingerprint density at radius 3 is 2.93 bits per heavy atom. The van der Waals surface area contributed by atoms with Gasteiger partial charge in [-0.15, -0.1) is 5.10 Å². The maximum absolute atomic E-state index is 5.50. The van der Waals surface area contributed by atoms with Crippen molar-refractivity contribution >= 4 is 17.6 Å². The molecule has 0 bridgehead atoms. The Bertz CT molecular complexity index is 439. The van der Waals surface area contributed by atoms with E-state index in [1.165, 1.54) is 18.1 Å². The summed E-state index contributed by atoms with van der Waals surface area (Å²) in [6, 6.07) is 1.68. The molecule has 6 nitrogen and oxygen atoms in total. The SMILES string of the molecule is Cc1nc(Sc2cc(N)ncn2)n[nH]1. The Balaban J connectivity index is 2.18. The van der Waals surface area contributed by atoms with Gasteiger partial charge in [0.1, 0.15) is 23.0 Å². The van der Waals surface area contributed by atoms with E-state index in [1.54, 1.807) is 6.07 Å². The minimum atomic E-state index is 0.440. The van der Waals surface area contributed by atoms with Crippen LogP contribution >= 0.6 is 11.8 Å². The molecule has 2 heterocycles. The second kappa shape index (κ2) is 3.62. The molecule has 0 radical (unpaired) electrons. The molecule has 0 spiro atoms. The van der Waals surface area contributed by atoms with Gasteiger partial charge in [-0.3, -0.25) is 5.10 Å². The van der Waals surface area contributed by atoms with Gasteiger partial charge in [0.2, 0.25) is 5.16 Å². The first-order valence-corrected chi connectivity index (χ1v) is 4.70. The minimum Gasteiger partial charge on any atom is -0.384 e. The van der Waals surface area contributed by atoms with Gasteiger partial charge in [-0.05, 0) is 18.7 Å². The summed E-state index contributed by atoms with van der Waals surface area (Å²) in [5.41, 5.74) is 5.50. The molecule has 3 N–H and O–H groups in total. The number of anilines is 1. The van der Waals surface area contributed by atoms with E-state index in [2.05, 4.69) is 25.1 Å². The van der Waals surface area contributed by atoms with Crippen molar-refractivity contribution in [1.82, 2.24) is 25.1 Å². The fraction of sp³-hybridized carbons (Fsp3) is 0.143. The van der Waals surface area contributed by atoms with Crippen LogP contribution in [0, 0.1) is 6.92 Å². The van der Waals surface area contributed by atoms with Crippen LogP contribution in [0.1, 0.15) is 5.82 Å². The number of H-pyrrole nitrogens is 1. The van der Waals surface area contributed by atoms with E-state index in [0.717, 1.165) is 10.9 Å². The van der Waals surface area contributed by atoms with Gasteiger partial charge in [0.05, 0.1) is 0 Å². The van der Waals surface area contributed by atoms with Gasteiger partial charge in [0.25, 0.3) is 0 Å². The smallest absolute Gasteiger partial charge is 0.214 e. The quantitative estimate of drug-likeness (QED) is 0.703. The Morgan fingerprint density at radius 2 is 2.29 bits per heavy atom. The topological polar surface area (TPSA) is 93.4 Å². The first kappa shape index (κ1) is 8.95. The van der Waals surface area contributed by atoms with Gasteiger partial charge in [-0.2, -0.15) is 0 Å². The third-order valence-electron chi connectivity index (χ3n) is 1.44. The van der Waals surface area contributed by atoms with Gasteiger partial charge < -0.3 is 5.73 Å². The number of aromatic nitrogens is 5. The maximum atomic E-state index is 5.50. The summed E-state index contributed by atoms with van der Waals surface area (Å²) in [6.07, 6.45) is 1.41. The summed E-state index contributed by atoms with van der Waals surface area (Å²) in [6.45, 7) is 1.84. The van der Waals surface area contributed by atoms with Crippen molar-refractivity contribution in [2.45, 2.75) is 17.1 Å². The van der Waals surface area contributed by atoms with Crippen LogP contribution in [0.2, 0.25) is 0 Å². The first-order chi connectivity index (χ1) is 6.74. The number of aromatic amines is 1. The first-order valence-electron chi connectivity index (χ1n) is 3.88. The van der Waals surface area contributed by atoms with Crippen LogP contribution in [0.3, 0.4) is 0 Å². The molecule has 0 amide bonds. The molecular formula is C7H8N6S. The van der Waals surface area contributed by atoms with Gasteiger partial charge >= 0.3 is 0 Å². The lowest BCUT2D eigenvalue weighted by atomic mass is 10.6. The molecule has 7 heteroatoms. The number of aryl methyl sites for hydroxylation is 1. The van der Waals surface area contributed by atoms with Crippen molar-refractivity contribution in [3.05, 3.63) is 18.2 Å². The van der Waals surface area contributed by atoms with E-state index < -0.39 is 0 Å². The number of hydrogen-bond acceptors (Lipinski definition) is 6. The fourth-order valence-electron chi connectivity index (χ4n) is 0.871. The average molecular weight is 208 g/mol. The highest BCUT2D eigenvalue weighted by atomic mass is 32.2. The summed E-state index contributed by atoms with van der Waals surface area (Å²) in [4.78, 5) is 11.9. The number of hydrogen-bond donors (Lipinski definition) is 2. The highest BCUT2D eigenvalue weighted by Crippen LogP contribution is 2.22. The molecule has 2 rings (SSSR count). The lowest BCUT2D eigenvalue weighted by Crippen LogP contribution is -1.91. The van der Waals surface area contributed by atoms with Crippen molar-refractivity contribution in [2.75, 3.05) is 5.73 Å². The Labute approximate surface area is 84.4 Å². The Hall–Kier alpha value is -1.63. The van der Waals surface area contributed by atoms with Crippen LogP contribution in [0.4, 0.5) is 5.82 Å². The average Bonchev–Trinajstić information content (AvgIpc) is 2.51. The molecule has 2 aromatic rings. The van der Waals surface area contributed by atoms with Crippen LogP contribution in [0.15, 0.2) is 22.6 Å². The summed E-state index contributed by atoms with van der Waals surface area (Å²) < 4.78 is 0. The van der Waals surface area contributed by atoms with Gasteiger partial charge in [0, 0.05) is 6.07 Å². The highest BCUT2D eigenvalue weighted by Gasteiger charge is 2.03. The molecule has 14 heavy (non-hydrogen) atoms. The molecule has 0 aromatic carbocycles. The van der Waals surface area contributed by atoms with Crippen LogP contribution in [-0.4, -0.2) is 25.1 Å². The Kier molecular flexibility index (Phi) is 2.32. The standard InChI is InChI=1S/C7H8N6S/c1-4-11-7(13-12-4)14-6-2-5(8)9-3-10-6/h2-3H,1H3,(H2,8,9,10)(H,11,12,13). The summed E-state index contributed by atoms with van der Waals surface area (Å²) >= 11 is 1.34. The van der Waals surface area contributed by atoms with Crippen molar-refractivity contribution in [1.29, 1.82) is 0 Å². The maximum Gasteiger partial charge on any atom is 0.214 e. The Morgan fingerprint density at radius 1 is 1.43 bits per heavy atom. The molecule has 0 aliphatic carbocycles. The van der Waals surface area contributed by atoms with E-state index in [4.69, 9.17) is 5.73 Å². The second-order valence-corrected chi connectivity index (χ2v) is 3.57. The predicted octanol–water partition coefficient (Wildman–Crippen LogP) is 0.637. The summed E-state index contributed by atoms with van der Waals surface area (Å²) in [7, 11) is 0. The normalized spacial score (nSPS) is 10.4. The molecule has 72 valence electrons. The molecule has 0 saturated carbocycles. The number of nitrogens with two attached hydrogens (primary N) is 1. The van der Waals surface area contributed by atoms with Crippen LogP contribution in [-0.2, 0) is 0 Å². The summed E-state index contributed by atoms with van der Waals surface area (Å²) in [5, 5.41) is 8.07. The minimum absolute atomic E-state index is 0.440. The zero-order chi connectivity index (χ0) is 9.97. The molecule has 2 aromatic heterocycles. The molecular weight excluding hydrogens is 200 g/mol. The van der Waals surface area contributed by atoms with Crippen molar-refractivity contribution < 1.29 is 0 Å². The van der Waals surface area contributed by atoms with E-state index in [-0.39, 0.29) is 0 Å². The molecule has 0 aliphatic heterocycles. The zero-order valence-electron chi connectivity index (χ0n) is 7.43. The van der Waals surface area contributed by atoms with Crippen molar-refractivity contribution in [2.24, 2.45) is 0 Å². The number of nitrogens with one attached hydrogen (secondary N) is 1. The second-order valence-electron chi connectivity index (χ2n) is 2.59. The largest absolute Gasteiger partial charge is 0.384 e. The predicted molar refractivity (Wildman–Crippen MR) is 51.7 cm³/mol. The zero-order valence-corrected chi connectivity index (χ0v) is 8.25. The highest BCUT2D eigenvalue weighted by molar-refractivity contribution is 7.99. The number of nitrogens with zero attached hydrogens (tertiary/aromatic N) is 4. The van der Waals surface area contributed by atoms with Gasteiger partial charge in [0.15, 0.2) is 0 Å². The molecule has 0 saturated heterocycles. The van der Waals surface area contributed by atoms with E-state index in [1.807, 2.05) is 6.92 Å².